The van der Waals surface area contributed by atoms with Gasteiger partial charge in [0.05, 0.1) is 18.8 Å². The molecule has 0 amide bonds. The summed E-state index contributed by atoms with van der Waals surface area (Å²) in [7, 11) is 0. The third-order valence-electron chi connectivity index (χ3n) is 3.45. The van der Waals surface area contributed by atoms with Crippen molar-refractivity contribution < 1.29 is 9.84 Å². The predicted octanol–water partition coefficient (Wildman–Crippen LogP) is 1.09. The summed E-state index contributed by atoms with van der Waals surface area (Å²) >= 11 is 0. The number of ether oxygens (including phenoxy) is 1. The second kappa shape index (κ2) is 6.27. The monoisotopic (exact) mass is 250 g/mol. The molecular formula is C14H22N2O2. The summed E-state index contributed by atoms with van der Waals surface area (Å²) in [5.74, 6) is 0. The summed E-state index contributed by atoms with van der Waals surface area (Å²) in [5, 5.41) is 10.2. The molecule has 1 aromatic rings. The van der Waals surface area contributed by atoms with Gasteiger partial charge in [0.2, 0.25) is 0 Å². The fraction of sp³-hybridized carbons (Fsp3) is 0.643. The first-order chi connectivity index (χ1) is 8.66. The normalized spacial score (nSPS) is 23.2. The average Bonchev–Trinajstić information content (AvgIpc) is 2.40. The van der Waals surface area contributed by atoms with Crippen LogP contribution in [-0.2, 0) is 11.2 Å². The van der Waals surface area contributed by atoms with E-state index in [4.69, 9.17) is 4.74 Å². The molecule has 100 valence electrons. The van der Waals surface area contributed by atoms with E-state index in [0.717, 1.165) is 18.7 Å². The van der Waals surface area contributed by atoms with Gasteiger partial charge in [0.25, 0.3) is 0 Å². The molecule has 0 spiro atoms. The molecule has 4 heteroatoms. The van der Waals surface area contributed by atoms with Gasteiger partial charge in [-0.25, -0.2) is 0 Å². The molecule has 0 bridgehead atoms. The van der Waals surface area contributed by atoms with E-state index in [0.29, 0.717) is 19.1 Å². The van der Waals surface area contributed by atoms with Crippen LogP contribution in [-0.4, -0.2) is 52.9 Å². The van der Waals surface area contributed by atoms with E-state index < -0.39 is 6.10 Å². The van der Waals surface area contributed by atoms with Crippen molar-refractivity contribution in [1.29, 1.82) is 0 Å². The molecular weight excluding hydrogens is 228 g/mol. The fourth-order valence-electron chi connectivity index (χ4n) is 2.29. The Morgan fingerprint density at radius 1 is 1.56 bits per heavy atom. The second-order valence-electron chi connectivity index (χ2n) is 5.13. The number of rotatable bonds is 4. The molecule has 2 heterocycles. The number of nitrogens with zero attached hydrogens (tertiary/aromatic N) is 2. The van der Waals surface area contributed by atoms with Crippen LogP contribution in [0.15, 0.2) is 24.5 Å². The second-order valence-corrected chi connectivity index (χ2v) is 5.13. The van der Waals surface area contributed by atoms with Crippen LogP contribution in [0, 0.1) is 0 Å². The summed E-state index contributed by atoms with van der Waals surface area (Å²) in [4.78, 5) is 6.41. The standard InChI is InChI=1S/C14H22N2O2/c1-11(2)16-6-7-18-14(10-16)13(17)8-12-4-3-5-15-9-12/h3-5,9,11,13-14,17H,6-8,10H2,1-2H3. The van der Waals surface area contributed by atoms with Crippen molar-refractivity contribution in [3.8, 4) is 0 Å². The van der Waals surface area contributed by atoms with E-state index >= 15 is 0 Å². The molecule has 2 rings (SSSR count). The molecule has 4 nitrogen and oxygen atoms in total. The molecule has 2 atom stereocenters. The number of hydrogen-bond acceptors (Lipinski definition) is 4. The van der Waals surface area contributed by atoms with E-state index in [1.165, 1.54) is 0 Å². The zero-order valence-electron chi connectivity index (χ0n) is 11.1. The lowest BCUT2D eigenvalue weighted by Gasteiger charge is -2.37. The number of aliphatic hydroxyl groups excluding tert-OH is 1. The third-order valence-corrected chi connectivity index (χ3v) is 3.45. The third kappa shape index (κ3) is 3.51. The molecule has 1 fully saturated rings. The highest BCUT2D eigenvalue weighted by atomic mass is 16.5. The quantitative estimate of drug-likeness (QED) is 0.869. The Morgan fingerprint density at radius 3 is 3.06 bits per heavy atom. The van der Waals surface area contributed by atoms with Crippen molar-refractivity contribution in [2.45, 2.75) is 38.5 Å². The molecule has 0 aliphatic carbocycles. The maximum absolute atomic E-state index is 10.2. The van der Waals surface area contributed by atoms with Gasteiger partial charge in [-0.2, -0.15) is 0 Å². The Balaban J connectivity index is 1.90. The maximum atomic E-state index is 10.2. The van der Waals surface area contributed by atoms with Gasteiger partial charge in [-0.05, 0) is 25.5 Å². The average molecular weight is 250 g/mol. The molecule has 2 unspecified atom stereocenters. The van der Waals surface area contributed by atoms with Crippen LogP contribution >= 0.6 is 0 Å². The van der Waals surface area contributed by atoms with Gasteiger partial charge in [-0.15, -0.1) is 0 Å². The molecule has 1 saturated heterocycles. The highest BCUT2D eigenvalue weighted by molar-refractivity contribution is 5.10. The maximum Gasteiger partial charge on any atom is 0.0964 e. The van der Waals surface area contributed by atoms with Crippen LogP contribution in [0.3, 0.4) is 0 Å². The first kappa shape index (κ1) is 13.5. The first-order valence-corrected chi connectivity index (χ1v) is 6.59. The summed E-state index contributed by atoms with van der Waals surface area (Å²) in [6, 6.07) is 4.38. The van der Waals surface area contributed by atoms with Crippen molar-refractivity contribution in [3.05, 3.63) is 30.1 Å². The lowest BCUT2D eigenvalue weighted by Crippen LogP contribution is -2.50. The SMILES string of the molecule is CC(C)N1CCOC(C(O)Cc2cccnc2)C1. The number of hydrogen-bond donors (Lipinski definition) is 1. The number of aliphatic hydroxyl groups is 1. The van der Waals surface area contributed by atoms with Crippen molar-refractivity contribution in [2.24, 2.45) is 0 Å². The lowest BCUT2D eigenvalue weighted by atomic mass is 10.0. The van der Waals surface area contributed by atoms with E-state index in [1.807, 2.05) is 12.1 Å². The van der Waals surface area contributed by atoms with Gasteiger partial charge in [-0.3, -0.25) is 9.88 Å². The zero-order chi connectivity index (χ0) is 13.0. The van der Waals surface area contributed by atoms with Crippen molar-refractivity contribution >= 4 is 0 Å². The number of pyridine rings is 1. The predicted molar refractivity (Wildman–Crippen MR) is 70.4 cm³/mol. The van der Waals surface area contributed by atoms with Crippen LogP contribution in [0.25, 0.3) is 0 Å². The van der Waals surface area contributed by atoms with E-state index in [1.54, 1.807) is 12.4 Å². The highest BCUT2D eigenvalue weighted by Crippen LogP contribution is 2.14. The summed E-state index contributed by atoms with van der Waals surface area (Å²) in [5.41, 5.74) is 1.05. The Morgan fingerprint density at radius 2 is 2.39 bits per heavy atom. The van der Waals surface area contributed by atoms with E-state index in [-0.39, 0.29) is 6.10 Å². The molecule has 1 N–H and O–H groups in total. The number of aromatic nitrogens is 1. The Labute approximate surface area is 109 Å². The van der Waals surface area contributed by atoms with Gasteiger partial charge >= 0.3 is 0 Å². The Hall–Kier alpha value is -0.970. The van der Waals surface area contributed by atoms with Crippen molar-refractivity contribution in [1.82, 2.24) is 9.88 Å². The van der Waals surface area contributed by atoms with Crippen LogP contribution in [0.4, 0.5) is 0 Å². The first-order valence-electron chi connectivity index (χ1n) is 6.59. The summed E-state index contributed by atoms with van der Waals surface area (Å²) in [6.07, 6.45) is 3.58. The minimum absolute atomic E-state index is 0.0960. The molecule has 1 aliphatic heterocycles. The van der Waals surface area contributed by atoms with Crippen LogP contribution in [0.1, 0.15) is 19.4 Å². The smallest absolute Gasteiger partial charge is 0.0964 e. The molecule has 0 saturated carbocycles. The minimum atomic E-state index is -0.462. The van der Waals surface area contributed by atoms with Crippen LogP contribution in [0.2, 0.25) is 0 Å². The van der Waals surface area contributed by atoms with E-state index in [9.17, 15) is 5.11 Å². The summed E-state index contributed by atoms with van der Waals surface area (Å²) in [6.45, 7) is 6.81. The molecule has 1 aromatic heterocycles. The molecule has 0 aromatic carbocycles. The Bertz CT molecular complexity index is 356. The minimum Gasteiger partial charge on any atom is -0.390 e. The molecule has 18 heavy (non-hydrogen) atoms. The van der Waals surface area contributed by atoms with Crippen LogP contribution < -0.4 is 0 Å². The zero-order valence-corrected chi connectivity index (χ0v) is 11.1. The lowest BCUT2D eigenvalue weighted by molar-refractivity contribution is -0.0940. The van der Waals surface area contributed by atoms with Gasteiger partial charge in [0.15, 0.2) is 0 Å². The van der Waals surface area contributed by atoms with Gasteiger partial charge < -0.3 is 9.84 Å². The van der Waals surface area contributed by atoms with Crippen molar-refractivity contribution in [2.75, 3.05) is 19.7 Å². The van der Waals surface area contributed by atoms with Gasteiger partial charge in [-0.1, -0.05) is 6.07 Å². The summed E-state index contributed by atoms with van der Waals surface area (Å²) < 4.78 is 5.68. The molecule has 1 aliphatic rings. The van der Waals surface area contributed by atoms with Gasteiger partial charge in [0.1, 0.15) is 0 Å². The fourth-order valence-corrected chi connectivity index (χ4v) is 2.29. The highest BCUT2D eigenvalue weighted by Gasteiger charge is 2.27. The number of morpholine rings is 1. The van der Waals surface area contributed by atoms with Gasteiger partial charge in [0, 0.05) is 37.9 Å². The largest absolute Gasteiger partial charge is 0.390 e. The van der Waals surface area contributed by atoms with Crippen LogP contribution in [0.5, 0.6) is 0 Å². The Kier molecular flexibility index (Phi) is 4.69. The van der Waals surface area contributed by atoms with E-state index in [2.05, 4.69) is 23.7 Å². The topological polar surface area (TPSA) is 45.6 Å². The van der Waals surface area contributed by atoms with Crippen molar-refractivity contribution in [3.63, 3.8) is 0 Å². The molecule has 0 radical (unpaired) electrons.